The van der Waals surface area contributed by atoms with Gasteiger partial charge < -0.3 is 15.2 Å². The lowest BCUT2D eigenvalue weighted by Gasteiger charge is -2.27. The van der Waals surface area contributed by atoms with Crippen LogP contribution < -0.4 is 10.1 Å². The zero-order chi connectivity index (χ0) is 23.6. The maximum Gasteiger partial charge on any atom is 0.352 e. The number of hydrogen-bond donors (Lipinski definition) is 2. The van der Waals surface area contributed by atoms with E-state index >= 15 is 0 Å². The van der Waals surface area contributed by atoms with E-state index in [-0.39, 0.29) is 17.5 Å². The van der Waals surface area contributed by atoms with E-state index in [2.05, 4.69) is 28.2 Å². The first kappa shape index (κ1) is 25.0. The average Bonchev–Trinajstić information content (AvgIpc) is 2.82. The maximum atomic E-state index is 12.7. The fourth-order valence-electron chi connectivity index (χ4n) is 4.24. The molecule has 1 fully saturated rings. The molecule has 2 aromatic rings. The molecule has 0 spiro atoms. The standard InChI is InChI=1S/C27H32BrNO4/c1-2-3-4-7-19-10-14-21(15-11-19)26(30)29-24(27(31)32)18-20-12-16-22(17-13-20)33-25-9-6-5-8-23(25)28/h5-6,8-9,12-13,16-19,21H,2-4,7,10-11,14-15H2,1H3,(H,29,30)(H,31,32)/b24-18-. The topological polar surface area (TPSA) is 75.6 Å². The Balaban J connectivity index is 1.57. The molecule has 0 atom stereocenters. The van der Waals surface area contributed by atoms with Crippen LogP contribution in [0.3, 0.4) is 0 Å². The molecule has 2 aromatic carbocycles. The zero-order valence-corrected chi connectivity index (χ0v) is 20.6. The van der Waals surface area contributed by atoms with Crippen molar-refractivity contribution in [2.24, 2.45) is 11.8 Å². The number of carboxylic acids is 1. The van der Waals surface area contributed by atoms with Crippen molar-refractivity contribution in [2.45, 2.75) is 58.3 Å². The lowest BCUT2D eigenvalue weighted by Crippen LogP contribution is -2.34. The van der Waals surface area contributed by atoms with E-state index < -0.39 is 5.97 Å². The summed E-state index contributed by atoms with van der Waals surface area (Å²) in [5, 5.41) is 12.3. The highest BCUT2D eigenvalue weighted by molar-refractivity contribution is 9.10. The van der Waals surface area contributed by atoms with Crippen LogP contribution in [0.2, 0.25) is 0 Å². The molecule has 176 valence electrons. The molecular formula is C27H32BrNO4. The molecule has 1 aliphatic rings. The zero-order valence-electron chi connectivity index (χ0n) is 19.1. The average molecular weight is 514 g/mol. The molecule has 0 unspecified atom stereocenters. The number of carboxylic acid groups (broad SMARTS) is 1. The van der Waals surface area contributed by atoms with E-state index in [1.165, 1.54) is 31.8 Å². The molecule has 0 saturated heterocycles. The highest BCUT2D eigenvalue weighted by Crippen LogP contribution is 2.32. The van der Waals surface area contributed by atoms with Crippen LogP contribution in [0.4, 0.5) is 0 Å². The normalized spacial score (nSPS) is 18.5. The first-order valence-electron chi connectivity index (χ1n) is 11.7. The summed E-state index contributed by atoms with van der Waals surface area (Å²) >= 11 is 3.45. The molecule has 1 amide bonds. The molecule has 0 bridgehead atoms. The van der Waals surface area contributed by atoms with Gasteiger partial charge in [-0.2, -0.15) is 0 Å². The van der Waals surface area contributed by atoms with Gasteiger partial charge in [0.15, 0.2) is 0 Å². The number of aliphatic carboxylic acids is 1. The van der Waals surface area contributed by atoms with Gasteiger partial charge in [0.2, 0.25) is 5.91 Å². The summed E-state index contributed by atoms with van der Waals surface area (Å²) in [6.45, 7) is 2.21. The molecule has 0 aromatic heterocycles. The number of carbonyl (C=O) groups excluding carboxylic acids is 1. The van der Waals surface area contributed by atoms with Crippen molar-refractivity contribution in [3.05, 3.63) is 64.3 Å². The Morgan fingerprint density at radius 1 is 1.06 bits per heavy atom. The number of carbonyl (C=O) groups is 2. The Morgan fingerprint density at radius 3 is 2.39 bits per heavy atom. The first-order valence-corrected chi connectivity index (χ1v) is 12.5. The summed E-state index contributed by atoms with van der Waals surface area (Å²) in [4.78, 5) is 24.5. The van der Waals surface area contributed by atoms with Gasteiger partial charge in [0, 0.05) is 5.92 Å². The molecular weight excluding hydrogens is 482 g/mol. The van der Waals surface area contributed by atoms with Gasteiger partial charge in [0.05, 0.1) is 4.47 Å². The molecule has 1 saturated carbocycles. The van der Waals surface area contributed by atoms with Crippen LogP contribution in [0, 0.1) is 11.8 Å². The van der Waals surface area contributed by atoms with Gasteiger partial charge in [0.25, 0.3) is 0 Å². The second kappa shape index (κ2) is 12.6. The van der Waals surface area contributed by atoms with Crippen molar-refractivity contribution in [3.8, 4) is 11.5 Å². The number of hydrogen-bond acceptors (Lipinski definition) is 3. The molecule has 0 radical (unpaired) electrons. The highest BCUT2D eigenvalue weighted by atomic mass is 79.9. The Hall–Kier alpha value is -2.60. The predicted molar refractivity (Wildman–Crippen MR) is 134 cm³/mol. The van der Waals surface area contributed by atoms with Gasteiger partial charge in [-0.1, -0.05) is 56.9 Å². The number of para-hydroxylation sites is 1. The molecule has 0 aliphatic heterocycles. The first-order chi connectivity index (χ1) is 16.0. The van der Waals surface area contributed by atoms with E-state index in [1.807, 2.05) is 24.3 Å². The predicted octanol–water partition coefficient (Wildman–Crippen LogP) is 7.17. The third-order valence-electron chi connectivity index (χ3n) is 6.18. The van der Waals surface area contributed by atoms with E-state index in [9.17, 15) is 14.7 Å². The van der Waals surface area contributed by atoms with Crippen LogP contribution in [0.1, 0.15) is 63.9 Å². The van der Waals surface area contributed by atoms with Crippen molar-refractivity contribution < 1.29 is 19.4 Å². The van der Waals surface area contributed by atoms with Gasteiger partial charge in [0.1, 0.15) is 17.2 Å². The molecule has 3 rings (SSSR count). The molecule has 1 aliphatic carbocycles. The minimum absolute atomic E-state index is 0.107. The van der Waals surface area contributed by atoms with Crippen LogP contribution in [0.5, 0.6) is 11.5 Å². The largest absolute Gasteiger partial charge is 0.477 e. The molecule has 2 N–H and O–H groups in total. The van der Waals surface area contributed by atoms with Gasteiger partial charge in [-0.25, -0.2) is 4.79 Å². The maximum absolute atomic E-state index is 12.7. The summed E-state index contributed by atoms with van der Waals surface area (Å²) in [6, 6.07) is 14.6. The minimum atomic E-state index is -1.15. The summed E-state index contributed by atoms with van der Waals surface area (Å²) in [5.74, 6) is 0.576. The smallest absolute Gasteiger partial charge is 0.352 e. The fraction of sp³-hybridized carbons (Fsp3) is 0.407. The Morgan fingerprint density at radius 2 is 1.76 bits per heavy atom. The number of unbranched alkanes of at least 4 members (excludes halogenated alkanes) is 2. The number of benzene rings is 2. The lowest BCUT2D eigenvalue weighted by molar-refractivity contribution is -0.135. The summed E-state index contributed by atoms with van der Waals surface area (Å²) in [5.41, 5.74) is 0.566. The van der Waals surface area contributed by atoms with Crippen molar-refractivity contribution in [3.63, 3.8) is 0 Å². The Bertz CT molecular complexity index is 962. The number of rotatable bonds is 10. The van der Waals surface area contributed by atoms with E-state index in [1.54, 1.807) is 24.3 Å². The van der Waals surface area contributed by atoms with Crippen molar-refractivity contribution in [1.82, 2.24) is 5.32 Å². The van der Waals surface area contributed by atoms with Crippen molar-refractivity contribution >= 4 is 33.9 Å². The molecule has 0 heterocycles. The third kappa shape index (κ3) is 7.74. The van der Waals surface area contributed by atoms with Gasteiger partial charge in [-0.3, -0.25) is 4.79 Å². The molecule has 5 nitrogen and oxygen atoms in total. The SMILES string of the molecule is CCCCCC1CCC(C(=O)N/C(=C\c2ccc(Oc3ccccc3Br)cc2)C(=O)O)CC1. The van der Waals surface area contributed by atoms with E-state index in [0.717, 1.165) is 30.2 Å². The molecule has 6 heteroatoms. The number of halogens is 1. The van der Waals surface area contributed by atoms with Crippen LogP contribution >= 0.6 is 15.9 Å². The number of ether oxygens (including phenoxy) is 1. The second-order valence-corrected chi connectivity index (χ2v) is 9.52. The third-order valence-corrected chi connectivity index (χ3v) is 6.83. The Kier molecular flexibility index (Phi) is 9.55. The highest BCUT2D eigenvalue weighted by Gasteiger charge is 2.27. The van der Waals surface area contributed by atoms with Gasteiger partial charge in [-0.15, -0.1) is 0 Å². The summed E-state index contributed by atoms with van der Waals surface area (Å²) in [7, 11) is 0. The van der Waals surface area contributed by atoms with Gasteiger partial charge >= 0.3 is 5.97 Å². The quantitative estimate of drug-likeness (QED) is 0.260. The Labute approximate surface area is 204 Å². The minimum Gasteiger partial charge on any atom is -0.477 e. The second-order valence-electron chi connectivity index (χ2n) is 8.67. The van der Waals surface area contributed by atoms with E-state index in [4.69, 9.17) is 4.74 Å². The fourth-order valence-corrected chi connectivity index (χ4v) is 4.60. The van der Waals surface area contributed by atoms with Crippen LogP contribution in [-0.4, -0.2) is 17.0 Å². The van der Waals surface area contributed by atoms with E-state index in [0.29, 0.717) is 23.0 Å². The van der Waals surface area contributed by atoms with Crippen LogP contribution in [-0.2, 0) is 9.59 Å². The van der Waals surface area contributed by atoms with Crippen molar-refractivity contribution in [2.75, 3.05) is 0 Å². The summed E-state index contributed by atoms with van der Waals surface area (Å²) in [6.07, 6.45) is 10.2. The monoisotopic (exact) mass is 513 g/mol. The van der Waals surface area contributed by atoms with Crippen molar-refractivity contribution in [1.29, 1.82) is 0 Å². The lowest BCUT2D eigenvalue weighted by atomic mass is 9.79. The summed E-state index contributed by atoms with van der Waals surface area (Å²) < 4.78 is 6.69. The van der Waals surface area contributed by atoms with Gasteiger partial charge in [-0.05, 0) is 83.4 Å². The molecule has 33 heavy (non-hydrogen) atoms. The van der Waals surface area contributed by atoms with Crippen LogP contribution in [0.15, 0.2) is 58.7 Å². The number of nitrogens with one attached hydrogen (secondary N) is 1. The number of amides is 1. The van der Waals surface area contributed by atoms with Crippen LogP contribution in [0.25, 0.3) is 6.08 Å².